The van der Waals surface area contributed by atoms with Crippen LogP contribution in [-0.2, 0) is 16.1 Å². The molecular weight excluding hydrogens is 344 g/mol. The first kappa shape index (κ1) is 18.2. The number of carbonyl (C=O) groups is 3. The maximum absolute atomic E-state index is 12.9. The molecule has 0 spiro atoms. The molecule has 1 saturated heterocycles. The van der Waals surface area contributed by atoms with Crippen molar-refractivity contribution in [2.45, 2.75) is 13.5 Å². The minimum atomic E-state index is -1.13. The average Bonchev–Trinajstić information content (AvgIpc) is 2.69. The van der Waals surface area contributed by atoms with E-state index in [0.29, 0.717) is 5.70 Å². The number of nitrogens with one attached hydrogen (secondary N) is 3. The van der Waals surface area contributed by atoms with Crippen LogP contribution in [-0.4, -0.2) is 22.7 Å². The number of urea groups is 1. The Kier molecular flexibility index (Phi) is 5.51. The molecule has 0 radical (unpaired) electrons. The number of hydrazine groups is 1. The molecule has 1 fully saturated rings. The molecule has 0 unspecified atom stereocenters. The molecule has 138 valence electrons. The number of benzene rings is 2. The van der Waals surface area contributed by atoms with Crippen LogP contribution >= 0.6 is 0 Å². The molecule has 0 saturated carbocycles. The van der Waals surface area contributed by atoms with E-state index < -0.39 is 23.8 Å². The minimum absolute atomic E-state index is 0.0956. The van der Waals surface area contributed by atoms with Crippen molar-refractivity contribution in [2.75, 3.05) is 5.43 Å². The lowest BCUT2D eigenvalue weighted by atomic mass is 10.00. The van der Waals surface area contributed by atoms with Crippen LogP contribution in [0.4, 0.5) is 10.5 Å². The lowest BCUT2D eigenvalue weighted by molar-refractivity contribution is -0.141. The van der Waals surface area contributed by atoms with Gasteiger partial charge in [-0.3, -0.25) is 19.8 Å². The Morgan fingerprint density at radius 1 is 1.04 bits per heavy atom. The van der Waals surface area contributed by atoms with Crippen LogP contribution in [0.3, 0.4) is 0 Å². The molecular formula is C20H20N4O3. The van der Waals surface area contributed by atoms with Gasteiger partial charge in [0.15, 0.2) is 5.92 Å². The fourth-order valence-corrected chi connectivity index (χ4v) is 2.78. The number of para-hydroxylation sites is 1. The standard InChI is InChI=1S/C20H20N4O3/c1-2-16(23-22-15-11-7-4-8-12-15)17-18(25)21-20(27)24(19(17)26)13-14-9-5-3-6-10-14/h2-12,17,22-23H,13H2,1H3,(H,21,25,27)/b16-2+/t17-/m0/s1. The number of amides is 4. The lowest BCUT2D eigenvalue weighted by Gasteiger charge is -2.31. The highest BCUT2D eigenvalue weighted by molar-refractivity contribution is 6.17. The van der Waals surface area contributed by atoms with Gasteiger partial charge in [0.05, 0.1) is 12.2 Å². The molecule has 27 heavy (non-hydrogen) atoms. The molecule has 2 aromatic rings. The predicted octanol–water partition coefficient (Wildman–Crippen LogP) is 2.40. The Morgan fingerprint density at radius 3 is 2.30 bits per heavy atom. The van der Waals surface area contributed by atoms with E-state index in [2.05, 4.69) is 16.2 Å². The Labute approximate surface area is 157 Å². The van der Waals surface area contributed by atoms with Crippen LogP contribution < -0.4 is 16.2 Å². The van der Waals surface area contributed by atoms with Crippen molar-refractivity contribution >= 4 is 23.5 Å². The molecule has 0 aromatic heterocycles. The van der Waals surface area contributed by atoms with Crippen molar-refractivity contribution < 1.29 is 14.4 Å². The van der Waals surface area contributed by atoms with Gasteiger partial charge in [-0.25, -0.2) is 4.79 Å². The van der Waals surface area contributed by atoms with Gasteiger partial charge in [0.2, 0.25) is 11.8 Å². The van der Waals surface area contributed by atoms with E-state index in [9.17, 15) is 14.4 Å². The zero-order chi connectivity index (χ0) is 19.2. The summed E-state index contributed by atoms with van der Waals surface area (Å²) in [4.78, 5) is 38.5. The van der Waals surface area contributed by atoms with E-state index in [1.165, 1.54) is 0 Å². The minimum Gasteiger partial charge on any atom is -0.304 e. The maximum atomic E-state index is 12.9. The second-order valence-corrected chi connectivity index (χ2v) is 6.00. The number of hydrogen-bond donors (Lipinski definition) is 3. The Bertz CT molecular complexity index is 865. The normalized spacial score (nSPS) is 17.5. The summed E-state index contributed by atoms with van der Waals surface area (Å²) in [7, 11) is 0. The quantitative estimate of drug-likeness (QED) is 0.541. The Balaban J connectivity index is 1.76. The molecule has 1 aliphatic rings. The summed E-state index contributed by atoms with van der Waals surface area (Å²) >= 11 is 0. The van der Waals surface area contributed by atoms with Gasteiger partial charge in [0, 0.05) is 5.70 Å². The van der Waals surface area contributed by atoms with Gasteiger partial charge in [-0.05, 0) is 24.6 Å². The molecule has 1 atom stereocenters. The van der Waals surface area contributed by atoms with Crippen LogP contribution in [0.15, 0.2) is 72.4 Å². The fourth-order valence-electron chi connectivity index (χ4n) is 2.78. The number of anilines is 1. The molecule has 1 aliphatic heterocycles. The number of rotatable bonds is 6. The first-order chi connectivity index (χ1) is 13.1. The van der Waals surface area contributed by atoms with Gasteiger partial charge in [0.1, 0.15) is 0 Å². The lowest BCUT2D eigenvalue weighted by Crippen LogP contribution is -2.59. The summed E-state index contributed by atoms with van der Waals surface area (Å²) in [6.45, 7) is 1.81. The van der Waals surface area contributed by atoms with E-state index in [4.69, 9.17) is 0 Å². The van der Waals surface area contributed by atoms with Crippen LogP contribution in [0.2, 0.25) is 0 Å². The van der Waals surface area contributed by atoms with Crippen molar-refractivity contribution in [2.24, 2.45) is 5.92 Å². The average molecular weight is 364 g/mol. The van der Waals surface area contributed by atoms with Gasteiger partial charge in [-0.1, -0.05) is 54.6 Å². The van der Waals surface area contributed by atoms with Crippen molar-refractivity contribution in [1.29, 1.82) is 0 Å². The first-order valence-corrected chi connectivity index (χ1v) is 8.53. The molecule has 3 rings (SSSR count). The molecule has 0 bridgehead atoms. The van der Waals surface area contributed by atoms with Crippen molar-refractivity contribution in [3.63, 3.8) is 0 Å². The first-order valence-electron chi connectivity index (χ1n) is 8.53. The van der Waals surface area contributed by atoms with Gasteiger partial charge in [0.25, 0.3) is 0 Å². The molecule has 3 N–H and O–H groups in total. The Morgan fingerprint density at radius 2 is 1.67 bits per heavy atom. The van der Waals surface area contributed by atoms with Crippen LogP contribution in [0.25, 0.3) is 0 Å². The monoisotopic (exact) mass is 364 g/mol. The van der Waals surface area contributed by atoms with Gasteiger partial charge in [-0.15, -0.1) is 0 Å². The van der Waals surface area contributed by atoms with E-state index in [1.54, 1.807) is 13.0 Å². The second-order valence-electron chi connectivity index (χ2n) is 6.00. The molecule has 4 amide bonds. The van der Waals surface area contributed by atoms with Crippen LogP contribution in [0.1, 0.15) is 12.5 Å². The van der Waals surface area contributed by atoms with E-state index in [-0.39, 0.29) is 6.54 Å². The largest absolute Gasteiger partial charge is 0.331 e. The number of allylic oxidation sites excluding steroid dienone is 1. The third-order valence-corrected chi connectivity index (χ3v) is 4.18. The molecule has 7 nitrogen and oxygen atoms in total. The third-order valence-electron chi connectivity index (χ3n) is 4.18. The van der Waals surface area contributed by atoms with E-state index >= 15 is 0 Å². The Hall–Kier alpha value is -3.61. The van der Waals surface area contributed by atoms with Crippen molar-refractivity contribution in [1.82, 2.24) is 15.6 Å². The van der Waals surface area contributed by atoms with E-state index in [1.807, 2.05) is 60.7 Å². The summed E-state index contributed by atoms with van der Waals surface area (Å²) in [6, 6.07) is 17.7. The maximum Gasteiger partial charge on any atom is 0.331 e. The summed E-state index contributed by atoms with van der Waals surface area (Å²) in [5, 5.41) is 2.26. The highest BCUT2D eigenvalue weighted by atomic mass is 16.2. The van der Waals surface area contributed by atoms with Crippen molar-refractivity contribution in [3.8, 4) is 0 Å². The molecule has 7 heteroatoms. The zero-order valence-corrected chi connectivity index (χ0v) is 14.8. The zero-order valence-electron chi connectivity index (χ0n) is 14.8. The second kappa shape index (κ2) is 8.18. The summed E-state index contributed by atoms with van der Waals surface area (Å²) in [5.41, 5.74) is 7.80. The predicted molar refractivity (Wildman–Crippen MR) is 101 cm³/mol. The fraction of sp³-hybridized carbons (Fsp3) is 0.150. The SMILES string of the molecule is C/C=C(/NNc1ccccc1)[C@H]1C(=O)NC(=O)N(Cc2ccccc2)C1=O. The number of nitrogens with zero attached hydrogens (tertiary/aromatic N) is 1. The highest BCUT2D eigenvalue weighted by Gasteiger charge is 2.42. The highest BCUT2D eigenvalue weighted by Crippen LogP contribution is 2.20. The molecule has 2 aromatic carbocycles. The summed E-state index contributed by atoms with van der Waals surface area (Å²) < 4.78 is 0. The molecule has 0 aliphatic carbocycles. The topological polar surface area (TPSA) is 90.5 Å². The van der Waals surface area contributed by atoms with Gasteiger partial charge < -0.3 is 10.9 Å². The number of carbonyl (C=O) groups excluding carboxylic acids is 3. The number of barbiturate groups is 1. The van der Waals surface area contributed by atoms with E-state index in [0.717, 1.165) is 16.2 Å². The number of imide groups is 2. The third kappa shape index (κ3) is 4.14. The number of hydrogen-bond acceptors (Lipinski definition) is 5. The summed E-state index contributed by atoms with van der Waals surface area (Å²) in [5.74, 6) is -2.35. The van der Waals surface area contributed by atoms with Gasteiger partial charge in [-0.2, -0.15) is 0 Å². The summed E-state index contributed by atoms with van der Waals surface area (Å²) in [6.07, 6.45) is 1.63. The van der Waals surface area contributed by atoms with Crippen molar-refractivity contribution in [3.05, 3.63) is 78.0 Å². The smallest absolute Gasteiger partial charge is 0.304 e. The van der Waals surface area contributed by atoms with Gasteiger partial charge >= 0.3 is 6.03 Å². The van der Waals surface area contributed by atoms with Crippen LogP contribution in [0, 0.1) is 5.92 Å². The van der Waals surface area contributed by atoms with Crippen LogP contribution in [0.5, 0.6) is 0 Å². The molecule has 1 heterocycles.